The standard InChI is InChI=1S/C20H28N2O3/c1-5-10-14(4)20(24)22-13-18(19(23)21-15(6-2)7-3)25-17-12-9-8-11-16(17)22/h8-12,15,18H,5-7,13H2,1-4H3,(H,21,23)/b14-10-. The third-order valence-corrected chi connectivity index (χ3v) is 4.49. The summed E-state index contributed by atoms with van der Waals surface area (Å²) < 4.78 is 5.88. The second kappa shape index (κ2) is 8.70. The van der Waals surface area contributed by atoms with Crippen molar-refractivity contribution in [2.24, 2.45) is 0 Å². The summed E-state index contributed by atoms with van der Waals surface area (Å²) in [4.78, 5) is 27.1. The number of nitrogens with zero attached hydrogens (tertiary/aromatic N) is 1. The molecule has 0 saturated heterocycles. The van der Waals surface area contributed by atoms with Crippen LogP contribution in [0.15, 0.2) is 35.9 Å². The molecule has 25 heavy (non-hydrogen) atoms. The van der Waals surface area contributed by atoms with Gasteiger partial charge in [-0.3, -0.25) is 9.59 Å². The number of carbonyl (C=O) groups excluding carboxylic acids is 2. The van der Waals surface area contributed by atoms with Crippen LogP contribution < -0.4 is 15.0 Å². The number of rotatable bonds is 6. The minimum atomic E-state index is -0.700. The number of para-hydroxylation sites is 2. The first-order chi connectivity index (χ1) is 12.0. The zero-order valence-corrected chi connectivity index (χ0v) is 15.5. The molecule has 1 unspecified atom stereocenters. The highest BCUT2D eigenvalue weighted by Gasteiger charge is 2.34. The molecule has 0 fully saturated rings. The molecule has 1 aliphatic heterocycles. The summed E-state index contributed by atoms with van der Waals surface area (Å²) in [5, 5.41) is 3.01. The molecule has 136 valence electrons. The van der Waals surface area contributed by atoms with Crippen molar-refractivity contribution in [2.45, 2.75) is 59.1 Å². The molecule has 5 nitrogen and oxygen atoms in total. The summed E-state index contributed by atoms with van der Waals surface area (Å²) in [6.07, 6.45) is 3.73. The quantitative estimate of drug-likeness (QED) is 0.804. The monoisotopic (exact) mass is 344 g/mol. The van der Waals surface area contributed by atoms with Crippen LogP contribution >= 0.6 is 0 Å². The predicted molar refractivity (Wildman–Crippen MR) is 99.8 cm³/mol. The Hall–Kier alpha value is -2.30. The highest BCUT2D eigenvalue weighted by molar-refractivity contribution is 6.07. The summed E-state index contributed by atoms with van der Waals surface area (Å²) in [7, 11) is 0. The number of allylic oxidation sites excluding steroid dienone is 1. The van der Waals surface area contributed by atoms with Crippen molar-refractivity contribution in [1.29, 1.82) is 0 Å². The van der Waals surface area contributed by atoms with E-state index in [0.717, 1.165) is 19.3 Å². The molecule has 5 heteroatoms. The van der Waals surface area contributed by atoms with E-state index >= 15 is 0 Å². The van der Waals surface area contributed by atoms with Gasteiger partial charge >= 0.3 is 0 Å². The number of nitrogens with one attached hydrogen (secondary N) is 1. The maximum absolute atomic E-state index is 12.8. The van der Waals surface area contributed by atoms with Crippen LogP contribution in [0.25, 0.3) is 0 Å². The molecule has 1 N–H and O–H groups in total. The van der Waals surface area contributed by atoms with Gasteiger partial charge in [0.1, 0.15) is 5.75 Å². The van der Waals surface area contributed by atoms with Crippen LogP contribution in [0.4, 0.5) is 5.69 Å². The Bertz CT molecular complexity index is 650. The SMILES string of the molecule is CC/C=C(/C)C(=O)N1CC(C(=O)NC(CC)CC)Oc2ccccc21. The fraction of sp³-hybridized carbons (Fsp3) is 0.500. The largest absolute Gasteiger partial charge is 0.477 e. The van der Waals surface area contributed by atoms with Crippen molar-refractivity contribution in [3.63, 3.8) is 0 Å². The van der Waals surface area contributed by atoms with Gasteiger partial charge < -0.3 is 15.0 Å². The van der Waals surface area contributed by atoms with E-state index in [-0.39, 0.29) is 24.4 Å². The second-order valence-electron chi connectivity index (χ2n) is 6.31. The van der Waals surface area contributed by atoms with Crippen molar-refractivity contribution in [1.82, 2.24) is 5.32 Å². The van der Waals surface area contributed by atoms with Gasteiger partial charge in [-0.15, -0.1) is 0 Å². The number of anilines is 1. The van der Waals surface area contributed by atoms with Crippen LogP contribution in [0.1, 0.15) is 47.0 Å². The summed E-state index contributed by atoms with van der Waals surface area (Å²) in [5.41, 5.74) is 1.39. The molecule has 2 amide bonds. The highest BCUT2D eigenvalue weighted by atomic mass is 16.5. The molecule has 1 atom stereocenters. The normalized spacial score (nSPS) is 17.1. The Morgan fingerprint density at radius 1 is 1.28 bits per heavy atom. The van der Waals surface area contributed by atoms with Crippen LogP contribution in [-0.2, 0) is 9.59 Å². The molecule has 1 aromatic rings. The fourth-order valence-electron chi connectivity index (χ4n) is 2.96. The van der Waals surface area contributed by atoms with Crippen molar-refractivity contribution in [3.8, 4) is 5.75 Å². The van der Waals surface area contributed by atoms with Crippen LogP contribution in [-0.4, -0.2) is 30.5 Å². The summed E-state index contributed by atoms with van der Waals surface area (Å²) in [5.74, 6) is 0.312. The van der Waals surface area contributed by atoms with Crippen molar-refractivity contribution >= 4 is 17.5 Å². The Morgan fingerprint density at radius 2 is 1.96 bits per heavy atom. The first kappa shape index (κ1) is 19.0. The molecule has 0 bridgehead atoms. The van der Waals surface area contributed by atoms with Gasteiger partial charge in [-0.1, -0.05) is 39.0 Å². The minimum absolute atomic E-state index is 0.0852. The Morgan fingerprint density at radius 3 is 2.60 bits per heavy atom. The van der Waals surface area contributed by atoms with Gasteiger partial charge in [0.15, 0.2) is 6.10 Å². The van der Waals surface area contributed by atoms with Gasteiger partial charge in [0.05, 0.1) is 12.2 Å². The van der Waals surface area contributed by atoms with Crippen molar-refractivity contribution in [3.05, 3.63) is 35.9 Å². The molecule has 1 aliphatic rings. The van der Waals surface area contributed by atoms with Gasteiger partial charge in [0.2, 0.25) is 0 Å². The van der Waals surface area contributed by atoms with Crippen molar-refractivity contribution in [2.75, 3.05) is 11.4 Å². The van der Waals surface area contributed by atoms with E-state index in [1.165, 1.54) is 0 Å². The summed E-state index contributed by atoms with van der Waals surface area (Å²) in [6, 6.07) is 7.48. The number of ether oxygens (including phenoxy) is 1. The Balaban J connectivity index is 2.26. The van der Waals surface area contributed by atoms with Crippen LogP contribution in [0.3, 0.4) is 0 Å². The number of carbonyl (C=O) groups is 2. The number of hydrogen-bond acceptors (Lipinski definition) is 3. The maximum atomic E-state index is 12.8. The molecular weight excluding hydrogens is 316 g/mol. The van der Waals surface area contributed by atoms with Crippen LogP contribution in [0.5, 0.6) is 5.75 Å². The first-order valence-electron chi connectivity index (χ1n) is 9.06. The molecule has 1 heterocycles. The lowest BCUT2D eigenvalue weighted by atomic mass is 10.1. The lowest BCUT2D eigenvalue weighted by molar-refractivity contribution is -0.129. The topological polar surface area (TPSA) is 58.6 Å². The summed E-state index contributed by atoms with van der Waals surface area (Å²) >= 11 is 0. The average molecular weight is 344 g/mol. The lowest BCUT2D eigenvalue weighted by Crippen LogP contribution is -2.52. The Kier molecular flexibility index (Phi) is 6.62. The van der Waals surface area contributed by atoms with Crippen molar-refractivity contribution < 1.29 is 14.3 Å². The highest BCUT2D eigenvalue weighted by Crippen LogP contribution is 2.34. The van der Waals surface area contributed by atoms with Crippen LogP contribution in [0, 0.1) is 0 Å². The van der Waals surface area contributed by atoms with E-state index in [0.29, 0.717) is 17.0 Å². The molecular formula is C20H28N2O3. The minimum Gasteiger partial charge on any atom is -0.477 e. The molecule has 0 spiro atoms. The van der Waals surface area contributed by atoms with E-state index in [4.69, 9.17) is 4.74 Å². The molecule has 0 radical (unpaired) electrons. The molecule has 1 aromatic carbocycles. The van der Waals surface area contributed by atoms with Gasteiger partial charge in [0, 0.05) is 11.6 Å². The van der Waals surface area contributed by atoms with E-state index in [9.17, 15) is 9.59 Å². The Labute approximate surface area is 150 Å². The maximum Gasteiger partial charge on any atom is 0.263 e. The molecule has 0 aromatic heterocycles. The van der Waals surface area contributed by atoms with Gasteiger partial charge in [-0.05, 0) is 38.3 Å². The zero-order valence-electron chi connectivity index (χ0n) is 15.5. The number of fused-ring (bicyclic) bond motifs is 1. The average Bonchev–Trinajstić information content (AvgIpc) is 2.64. The second-order valence-corrected chi connectivity index (χ2v) is 6.31. The third-order valence-electron chi connectivity index (χ3n) is 4.49. The smallest absolute Gasteiger partial charge is 0.263 e. The van der Waals surface area contributed by atoms with E-state index in [1.54, 1.807) is 11.0 Å². The zero-order chi connectivity index (χ0) is 18.4. The van der Waals surface area contributed by atoms with E-state index in [2.05, 4.69) is 5.32 Å². The first-order valence-corrected chi connectivity index (χ1v) is 9.06. The molecule has 0 saturated carbocycles. The lowest BCUT2D eigenvalue weighted by Gasteiger charge is -2.35. The number of amides is 2. The summed E-state index contributed by atoms with van der Waals surface area (Å²) in [6.45, 7) is 8.11. The third kappa shape index (κ3) is 4.41. The van der Waals surface area contributed by atoms with Crippen LogP contribution in [0.2, 0.25) is 0 Å². The van der Waals surface area contributed by atoms with E-state index in [1.807, 2.05) is 52.0 Å². The van der Waals surface area contributed by atoms with Gasteiger partial charge in [-0.25, -0.2) is 0 Å². The molecule has 2 rings (SSSR count). The van der Waals surface area contributed by atoms with Gasteiger partial charge in [0.25, 0.3) is 11.8 Å². The van der Waals surface area contributed by atoms with Gasteiger partial charge in [-0.2, -0.15) is 0 Å². The molecule has 0 aliphatic carbocycles. The van der Waals surface area contributed by atoms with E-state index < -0.39 is 6.10 Å². The predicted octanol–water partition coefficient (Wildman–Crippen LogP) is 3.44. The number of hydrogen-bond donors (Lipinski definition) is 1. The number of benzene rings is 1. The fourth-order valence-corrected chi connectivity index (χ4v) is 2.96.